The van der Waals surface area contributed by atoms with Gasteiger partial charge in [0.05, 0.1) is 17.5 Å². The van der Waals surface area contributed by atoms with Gasteiger partial charge in [-0.05, 0) is 48.8 Å². The van der Waals surface area contributed by atoms with Crippen LogP contribution in [0.2, 0.25) is 0 Å². The number of allylic oxidation sites excluding steroid dienone is 1. The Morgan fingerprint density at radius 3 is 2.59 bits per heavy atom. The summed E-state index contributed by atoms with van der Waals surface area (Å²) < 4.78 is 6.78. The summed E-state index contributed by atoms with van der Waals surface area (Å²) in [5.41, 5.74) is 3.24. The van der Waals surface area contributed by atoms with Crippen LogP contribution in [0.4, 0.5) is 10.5 Å². The SMILES string of the molecule is CCOC(=O)N1CCN(CCC(=O)Nc2ccc3c(=O)n4c(nc3c2)C(=Cc2ccccc2)CC4)CC1. The number of hydrogen-bond donors (Lipinski definition) is 1. The molecule has 0 bridgehead atoms. The van der Waals surface area contributed by atoms with Crippen molar-refractivity contribution in [1.29, 1.82) is 0 Å². The number of carbonyl (C=O) groups excluding carboxylic acids is 2. The Labute approximate surface area is 215 Å². The molecule has 3 heterocycles. The van der Waals surface area contributed by atoms with E-state index >= 15 is 0 Å². The Balaban J connectivity index is 1.23. The van der Waals surface area contributed by atoms with Crippen molar-refractivity contribution in [2.75, 3.05) is 44.6 Å². The fourth-order valence-corrected chi connectivity index (χ4v) is 4.83. The van der Waals surface area contributed by atoms with Gasteiger partial charge in [0.2, 0.25) is 5.91 Å². The topological polar surface area (TPSA) is 96.8 Å². The van der Waals surface area contributed by atoms with Crippen molar-refractivity contribution >= 4 is 40.2 Å². The minimum Gasteiger partial charge on any atom is -0.450 e. The number of hydrogen-bond acceptors (Lipinski definition) is 6. The zero-order valence-corrected chi connectivity index (χ0v) is 21.0. The Hall–Kier alpha value is -3.98. The molecule has 3 aromatic rings. The molecule has 0 saturated carbocycles. The van der Waals surface area contributed by atoms with Crippen molar-refractivity contribution in [2.45, 2.75) is 26.3 Å². The van der Waals surface area contributed by atoms with E-state index in [-0.39, 0.29) is 17.6 Å². The lowest BCUT2D eigenvalue weighted by molar-refractivity contribution is -0.116. The molecule has 9 heteroatoms. The van der Waals surface area contributed by atoms with Crippen LogP contribution in [0.25, 0.3) is 22.6 Å². The molecule has 37 heavy (non-hydrogen) atoms. The Morgan fingerprint density at radius 1 is 1.05 bits per heavy atom. The van der Waals surface area contributed by atoms with Gasteiger partial charge >= 0.3 is 6.09 Å². The molecular weight excluding hydrogens is 470 g/mol. The summed E-state index contributed by atoms with van der Waals surface area (Å²) >= 11 is 0. The minimum atomic E-state index is -0.280. The number of nitrogens with zero attached hydrogens (tertiary/aromatic N) is 4. The Morgan fingerprint density at radius 2 is 1.84 bits per heavy atom. The third kappa shape index (κ3) is 5.56. The van der Waals surface area contributed by atoms with E-state index in [0.717, 1.165) is 17.6 Å². The van der Waals surface area contributed by atoms with E-state index < -0.39 is 0 Å². The van der Waals surface area contributed by atoms with Crippen molar-refractivity contribution in [2.24, 2.45) is 0 Å². The molecule has 0 radical (unpaired) electrons. The van der Waals surface area contributed by atoms with Crippen molar-refractivity contribution in [3.63, 3.8) is 0 Å². The number of aromatic nitrogens is 2. The van der Waals surface area contributed by atoms with Crippen LogP contribution >= 0.6 is 0 Å². The maximum atomic E-state index is 13.1. The fraction of sp³-hybridized carbons (Fsp3) is 0.357. The average Bonchev–Trinajstić information content (AvgIpc) is 3.31. The number of ether oxygens (including phenoxy) is 1. The summed E-state index contributed by atoms with van der Waals surface area (Å²) in [6.45, 7) is 5.99. The molecule has 1 saturated heterocycles. The van der Waals surface area contributed by atoms with E-state index in [1.807, 2.05) is 30.3 Å². The number of carbonyl (C=O) groups is 2. The van der Waals surface area contributed by atoms with Crippen LogP contribution in [0.15, 0.2) is 53.3 Å². The smallest absolute Gasteiger partial charge is 0.409 e. The van der Waals surface area contributed by atoms with Crippen molar-refractivity contribution in [3.05, 3.63) is 70.3 Å². The van der Waals surface area contributed by atoms with Gasteiger partial charge in [-0.2, -0.15) is 0 Å². The molecule has 1 aromatic heterocycles. The summed E-state index contributed by atoms with van der Waals surface area (Å²) in [6, 6.07) is 15.3. The maximum Gasteiger partial charge on any atom is 0.409 e. The van der Waals surface area contributed by atoms with E-state index in [4.69, 9.17) is 9.72 Å². The van der Waals surface area contributed by atoms with E-state index in [0.29, 0.717) is 74.7 Å². The van der Waals surface area contributed by atoms with Gasteiger partial charge in [0.25, 0.3) is 5.56 Å². The molecule has 5 rings (SSSR count). The summed E-state index contributed by atoms with van der Waals surface area (Å²) in [5.74, 6) is 0.585. The molecule has 2 aliphatic rings. The molecule has 2 aliphatic heterocycles. The summed E-state index contributed by atoms with van der Waals surface area (Å²) in [5, 5.41) is 3.49. The fourth-order valence-electron chi connectivity index (χ4n) is 4.83. The van der Waals surface area contributed by atoms with Crippen LogP contribution in [0.3, 0.4) is 0 Å². The summed E-state index contributed by atoms with van der Waals surface area (Å²) in [6.07, 6.45) is 2.89. The third-order valence-electron chi connectivity index (χ3n) is 6.82. The number of nitrogens with one attached hydrogen (secondary N) is 1. The zero-order chi connectivity index (χ0) is 25.8. The molecule has 2 aromatic carbocycles. The highest BCUT2D eigenvalue weighted by Crippen LogP contribution is 2.28. The molecule has 192 valence electrons. The van der Waals surface area contributed by atoms with E-state index in [1.165, 1.54) is 0 Å². The first-order valence-electron chi connectivity index (χ1n) is 12.8. The molecular formula is C28H31N5O4. The van der Waals surface area contributed by atoms with Crippen LogP contribution in [0.1, 0.15) is 31.2 Å². The summed E-state index contributed by atoms with van der Waals surface area (Å²) in [7, 11) is 0. The van der Waals surface area contributed by atoms with Crippen LogP contribution in [-0.4, -0.2) is 70.7 Å². The predicted molar refractivity (Wildman–Crippen MR) is 143 cm³/mol. The lowest BCUT2D eigenvalue weighted by Gasteiger charge is -2.33. The van der Waals surface area contributed by atoms with Gasteiger partial charge in [-0.25, -0.2) is 9.78 Å². The normalized spacial score (nSPS) is 16.7. The molecule has 2 amide bonds. The Kier molecular flexibility index (Phi) is 7.32. The highest BCUT2D eigenvalue weighted by atomic mass is 16.6. The monoisotopic (exact) mass is 501 g/mol. The largest absolute Gasteiger partial charge is 0.450 e. The molecule has 0 aliphatic carbocycles. The summed E-state index contributed by atoms with van der Waals surface area (Å²) in [4.78, 5) is 46.3. The van der Waals surface area contributed by atoms with Gasteiger partial charge in [-0.3, -0.25) is 19.1 Å². The number of anilines is 1. The molecule has 1 N–H and O–H groups in total. The number of benzene rings is 2. The van der Waals surface area contributed by atoms with Crippen LogP contribution in [0.5, 0.6) is 0 Å². The van der Waals surface area contributed by atoms with E-state index in [9.17, 15) is 14.4 Å². The first-order valence-corrected chi connectivity index (χ1v) is 12.8. The number of amides is 2. The number of piperazine rings is 1. The molecule has 9 nitrogen and oxygen atoms in total. The molecule has 0 atom stereocenters. The highest BCUT2D eigenvalue weighted by Gasteiger charge is 2.23. The van der Waals surface area contributed by atoms with E-state index in [1.54, 1.807) is 34.6 Å². The second kappa shape index (κ2) is 11.0. The third-order valence-corrected chi connectivity index (χ3v) is 6.82. The van der Waals surface area contributed by atoms with Gasteiger partial charge in [0, 0.05) is 51.4 Å². The Bertz CT molecular complexity index is 1390. The molecule has 1 fully saturated rings. The van der Waals surface area contributed by atoms with Crippen molar-refractivity contribution in [1.82, 2.24) is 19.4 Å². The van der Waals surface area contributed by atoms with Gasteiger partial charge in [-0.1, -0.05) is 30.3 Å². The van der Waals surface area contributed by atoms with Gasteiger partial charge in [0.15, 0.2) is 0 Å². The number of fused-ring (bicyclic) bond motifs is 2. The molecule has 0 spiro atoms. The van der Waals surface area contributed by atoms with Crippen LogP contribution in [-0.2, 0) is 16.1 Å². The lowest BCUT2D eigenvalue weighted by Crippen LogP contribution is -2.49. The van der Waals surface area contributed by atoms with Gasteiger partial charge in [-0.15, -0.1) is 0 Å². The number of rotatable bonds is 6. The zero-order valence-electron chi connectivity index (χ0n) is 21.0. The quantitative estimate of drug-likeness (QED) is 0.556. The standard InChI is InChI=1S/C28H31N5O4/c1-2-37-28(36)32-16-14-31(15-17-32)12-11-25(34)29-22-8-9-23-24(19-22)30-26-21(10-13-33(26)27(23)35)18-20-6-4-3-5-7-20/h3-9,18-19H,2,10-17H2,1H3,(H,29,34). The van der Waals surface area contributed by atoms with Crippen LogP contribution < -0.4 is 10.9 Å². The lowest BCUT2D eigenvalue weighted by atomic mass is 10.1. The average molecular weight is 502 g/mol. The maximum absolute atomic E-state index is 13.1. The minimum absolute atomic E-state index is 0.0590. The molecule has 0 unspecified atom stereocenters. The van der Waals surface area contributed by atoms with Crippen LogP contribution in [0, 0.1) is 0 Å². The van der Waals surface area contributed by atoms with Crippen molar-refractivity contribution < 1.29 is 14.3 Å². The van der Waals surface area contributed by atoms with Gasteiger partial charge < -0.3 is 15.0 Å². The second-order valence-electron chi connectivity index (χ2n) is 9.28. The first-order chi connectivity index (χ1) is 18.0. The highest BCUT2D eigenvalue weighted by molar-refractivity contribution is 5.94. The predicted octanol–water partition coefficient (Wildman–Crippen LogP) is 3.44. The van der Waals surface area contributed by atoms with E-state index in [2.05, 4.69) is 16.3 Å². The van der Waals surface area contributed by atoms with Crippen molar-refractivity contribution in [3.8, 4) is 0 Å². The van der Waals surface area contributed by atoms with Gasteiger partial charge in [0.1, 0.15) is 5.82 Å². The second-order valence-corrected chi connectivity index (χ2v) is 9.28. The first kappa shape index (κ1) is 24.7.